The quantitative estimate of drug-likeness (QED) is 0.849. The molecule has 2 rings (SSSR count). The molecule has 2 fully saturated rings. The van der Waals surface area contributed by atoms with Gasteiger partial charge in [-0.25, -0.2) is 0 Å². The molecule has 2 heterocycles. The Morgan fingerprint density at radius 3 is 2.65 bits per heavy atom. The Hall–Kier alpha value is -1.10. The first-order chi connectivity index (χ1) is 9.34. The normalized spacial score (nSPS) is 33.4. The lowest BCUT2D eigenvalue weighted by molar-refractivity contribution is -0.151. The van der Waals surface area contributed by atoms with Crippen LogP contribution in [0.15, 0.2) is 0 Å². The van der Waals surface area contributed by atoms with Crippen LogP contribution in [0.5, 0.6) is 0 Å². The van der Waals surface area contributed by atoms with Gasteiger partial charge in [0.1, 0.15) is 12.1 Å². The van der Waals surface area contributed by atoms with Crippen LogP contribution in [0.3, 0.4) is 0 Å². The van der Waals surface area contributed by atoms with Crippen LogP contribution in [-0.2, 0) is 14.3 Å². The summed E-state index contributed by atoms with van der Waals surface area (Å²) in [4.78, 5) is 26.2. The molecule has 3 unspecified atom stereocenters. The van der Waals surface area contributed by atoms with Crippen LogP contribution in [0, 0.1) is 0 Å². The fraction of sp³-hybridized carbons (Fsp3) is 0.867. The number of hydrogen-bond acceptors (Lipinski definition) is 3. The molecule has 0 saturated carbocycles. The van der Waals surface area contributed by atoms with Crippen molar-refractivity contribution in [3.63, 3.8) is 0 Å². The van der Waals surface area contributed by atoms with Crippen LogP contribution in [0.25, 0.3) is 0 Å². The number of carbonyl (C=O) groups is 2. The maximum absolute atomic E-state index is 12.4. The summed E-state index contributed by atoms with van der Waals surface area (Å²) in [5.74, 6) is -0.0208. The molecule has 3 atom stereocenters. The van der Waals surface area contributed by atoms with E-state index in [1.54, 1.807) is 11.8 Å². The molecule has 114 valence electrons. The number of nitrogens with zero attached hydrogens (tertiary/aromatic N) is 1. The van der Waals surface area contributed by atoms with Crippen LogP contribution >= 0.6 is 0 Å². The molecule has 20 heavy (non-hydrogen) atoms. The molecule has 2 aliphatic heterocycles. The second-order valence-corrected chi connectivity index (χ2v) is 6.56. The maximum Gasteiger partial charge on any atom is 0.245 e. The van der Waals surface area contributed by atoms with E-state index in [1.807, 2.05) is 6.92 Å². The molecule has 0 aliphatic carbocycles. The largest absolute Gasteiger partial charge is 0.371 e. The molecular weight excluding hydrogens is 256 g/mol. The first kappa shape index (κ1) is 15.3. The second-order valence-electron chi connectivity index (χ2n) is 6.56. The second kappa shape index (κ2) is 5.72. The van der Waals surface area contributed by atoms with E-state index in [9.17, 15) is 9.59 Å². The van der Waals surface area contributed by atoms with Gasteiger partial charge in [0.2, 0.25) is 11.8 Å². The Morgan fingerprint density at radius 2 is 2.10 bits per heavy atom. The van der Waals surface area contributed by atoms with E-state index < -0.39 is 6.04 Å². The monoisotopic (exact) mass is 282 g/mol. The van der Waals surface area contributed by atoms with Crippen molar-refractivity contribution in [1.82, 2.24) is 10.2 Å². The Morgan fingerprint density at radius 1 is 1.40 bits per heavy atom. The van der Waals surface area contributed by atoms with Gasteiger partial charge in [0, 0.05) is 6.54 Å². The molecule has 0 aromatic heterocycles. The molecule has 5 nitrogen and oxygen atoms in total. The van der Waals surface area contributed by atoms with Crippen molar-refractivity contribution in [3.05, 3.63) is 0 Å². The first-order valence-corrected chi connectivity index (χ1v) is 7.62. The Bertz CT molecular complexity index is 395. The standard InChI is InChI=1S/C15H26N2O3/c1-5-6-12-13(18)16-10(2)14(19)17(12)9-11-7-8-15(3,4)20-11/h10-12H,5-9H2,1-4H3,(H,16,18). The fourth-order valence-corrected chi connectivity index (χ4v) is 3.12. The van der Waals surface area contributed by atoms with E-state index in [4.69, 9.17) is 4.74 Å². The molecule has 0 aromatic carbocycles. The van der Waals surface area contributed by atoms with Gasteiger partial charge in [0.15, 0.2) is 0 Å². The summed E-state index contributed by atoms with van der Waals surface area (Å²) in [6.07, 6.45) is 3.59. The predicted octanol–water partition coefficient (Wildman–Crippen LogP) is 1.46. The van der Waals surface area contributed by atoms with Crippen LogP contribution in [0.1, 0.15) is 53.4 Å². The van der Waals surface area contributed by atoms with E-state index in [0.29, 0.717) is 13.0 Å². The fourth-order valence-electron chi connectivity index (χ4n) is 3.12. The Labute approximate surface area is 121 Å². The molecule has 0 radical (unpaired) electrons. The highest BCUT2D eigenvalue weighted by Gasteiger charge is 2.41. The molecule has 5 heteroatoms. The van der Waals surface area contributed by atoms with Crippen molar-refractivity contribution in [2.45, 2.75) is 77.2 Å². The van der Waals surface area contributed by atoms with E-state index in [1.165, 1.54) is 0 Å². The molecule has 2 amide bonds. The van der Waals surface area contributed by atoms with Crippen LogP contribution in [-0.4, -0.2) is 47.0 Å². The molecule has 1 N–H and O–H groups in total. The molecule has 2 aliphatic rings. The minimum atomic E-state index is -0.426. The van der Waals surface area contributed by atoms with Gasteiger partial charge in [0.05, 0.1) is 11.7 Å². The number of rotatable bonds is 4. The molecular formula is C15H26N2O3. The van der Waals surface area contributed by atoms with Crippen molar-refractivity contribution in [1.29, 1.82) is 0 Å². The van der Waals surface area contributed by atoms with Gasteiger partial charge in [-0.2, -0.15) is 0 Å². The van der Waals surface area contributed by atoms with Crippen molar-refractivity contribution < 1.29 is 14.3 Å². The van der Waals surface area contributed by atoms with Crippen LogP contribution in [0.4, 0.5) is 0 Å². The van der Waals surface area contributed by atoms with Gasteiger partial charge in [-0.3, -0.25) is 9.59 Å². The third kappa shape index (κ3) is 3.14. The van der Waals surface area contributed by atoms with Crippen molar-refractivity contribution in [2.75, 3.05) is 6.54 Å². The number of nitrogens with one attached hydrogen (secondary N) is 1. The van der Waals surface area contributed by atoms with Gasteiger partial charge in [-0.05, 0) is 40.0 Å². The highest BCUT2D eigenvalue weighted by atomic mass is 16.5. The number of piperazine rings is 1. The number of amides is 2. The van der Waals surface area contributed by atoms with E-state index in [-0.39, 0.29) is 29.6 Å². The lowest BCUT2D eigenvalue weighted by Gasteiger charge is -2.39. The summed E-state index contributed by atoms with van der Waals surface area (Å²) in [5.41, 5.74) is -0.113. The topological polar surface area (TPSA) is 58.6 Å². The zero-order valence-corrected chi connectivity index (χ0v) is 12.9. The average Bonchev–Trinajstić information content (AvgIpc) is 2.70. The molecule has 0 spiro atoms. The summed E-state index contributed by atoms with van der Waals surface area (Å²) in [7, 11) is 0. The lowest BCUT2D eigenvalue weighted by atomic mass is 10.0. The molecule has 0 aromatic rings. The van der Waals surface area contributed by atoms with Gasteiger partial charge < -0.3 is 15.0 Å². The summed E-state index contributed by atoms with van der Waals surface area (Å²) in [5, 5.41) is 2.76. The van der Waals surface area contributed by atoms with Crippen molar-refractivity contribution in [3.8, 4) is 0 Å². The zero-order chi connectivity index (χ0) is 14.9. The predicted molar refractivity (Wildman–Crippen MR) is 76.2 cm³/mol. The third-order valence-electron chi connectivity index (χ3n) is 4.21. The van der Waals surface area contributed by atoms with E-state index >= 15 is 0 Å². The van der Waals surface area contributed by atoms with Gasteiger partial charge in [-0.1, -0.05) is 13.3 Å². The van der Waals surface area contributed by atoms with Crippen LogP contribution in [0.2, 0.25) is 0 Å². The minimum Gasteiger partial charge on any atom is -0.371 e. The van der Waals surface area contributed by atoms with E-state index in [0.717, 1.165) is 19.3 Å². The molecule has 0 bridgehead atoms. The lowest BCUT2D eigenvalue weighted by Crippen LogP contribution is -2.63. The summed E-state index contributed by atoms with van der Waals surface area (Å²) in [6.45, 7) is 8.45. The summed E-state index contributed by atoms with van der Waals surface area (Å²) in [6, 6.07) is -0.763. The minimum absolute atomic E-state index is 0.0105. The van der Waals surface area contributed by atoms with Gasteiger partial charge in [-0.15, -0.1) is 0 Å². The Kier molecular flexibility index (Phi) is 4.37. The highest BCUT2D eigenvalue weighted by Crippen LogP contribution is 2.30. The first-order valence-electron chi connectivity index (χ1n) is 7.62. The average molecular weight is 282 g/mol. The number of ether oxygens (including phenoxy) is 1. The summed E-state index contributed by atoms with van der Waals surface area (Å²) < 4.78 is 5.97. The smallest absolute Gasteiger partial charge is 0.245 e. The highest BCUT2D eigenvalue weighted by molar-refractivity contribution is 5.96. The van der Waals surface area contributed by atoms with Crippen molar-refractivity contribution in [2.24, 2.45) is 0 Å². The Balaban J connectivity index is 2.08. The van der Waals surface area contributed by atoms with Gasteiger partial charge >= 0.3 is 0 Å². The van der Waals surface area contributed by atoms with Gasteiger partial charge in [0.25, 0.3) is 0 Å². The van der Waals surface area contributed by atoms with Crippen molar-refractivity contribution >= 4 is 11.8 Å². The number of carbonyl (C=O) groups excluding carboxylic acids is 2. The zero-order valence-electron chi connectivity index (χ0n) is 12.9. The number of hydrogen-bond donors (Lipinski definition) is 1. The SMILES string of the molecule is CCCC1C(=O)NC(C)C(=O)N1CC1CCC(C)(C)O1. The van der Waals surface area contributed by atoms with E-state index in [2.05, 4.69) is 19.2 Å². The third-order valence-corrected chi connectivity index (χ3v) is 4.21. The van der Waals surface area contributed by atoms with Crippen LogP contribution < -0.4 is 5.32 Å². The maximum atomic E-state index is 12.4. The molecule has 2 saturated heterocycles. The summed E-state index contributed by atoms with van der Waals surface area (Å²) >= 11 is 0.